The van der Waals surface area contributed by atoms with E-state index in [1.807, 2.05) is 0 Å². The minimum atomic E-state index is -0.628. The number of carbonyl (C=O) groups excluding carboxylic acids is 1. The number of H-pyrrole nitrogens is 1. The predicted octanol–water partition coefficient (Wildman–Crippen LogP) is 2.77. The number of hydrogen-bond acceptors (Lipinski definition) is 6. The quantitative estimate of drug-likeness (QED) is 0.677. The van der Waals surface area contributed by atoms with Gasteiger partial charge in [-0.05, 0) is 18.2 Å². The predicted molar refractivity (Wildman–Crippen MR) is 91.7 cm³/mol. The number of hydrogen-bond donors (Lipinski definition) is 1. The van der Waals surface area contributed by atoms with E-state index in [2.05, 4.69) is 26.1 Å². The molecule has 126 valence electrons. The van der Waals surface area contributed by atoms with E-state index < -0.39 is 5.97 Å². The molecule has 0 amide bonds. The van der Waals surface area contributed by atoms with Crippen LogP contribution in [0.3, 0.4) is 0 Å². The van der Waals surface area contributed by atoms with Crippen molar-refractivity contribution < 1.29 is 19.0 Å². The Morgan fingerprint density at radius 2 is 1.92 bits per heavy atom. The summed E-state index contributed by atoms with van der Waals surface area (Å²) in [5.41, 5.74) is 0.434. The van der Waals surface area contributed by atoms with E-state index in [0.717, 1.165) is 10.0 Å². The van der Waals surface area contributed by atoms with Gasteiger partial charge in [-0.1, -0.05) is 34.1 Å². The molecule has 0 spiro atoms. The largest absolute Gasteiger partial charge is 0.456 e. The maximum atomic E-state index is 12.4. The molecule has 1 N–H and O–H groups in total. The van der Waals surface area contributed by atoms with Gasteiger partial charge in [0.25, 0.3) is 5.56 Å². The molecule has 2 aromatic carbocycles. The fourth-order valence-corrected chi connectivity index (χ4v) is 2.99. The Balaban J connectivity index is 1.60. The van der Waals surface area contributed by atoms with E-state index in [0.29, 0.717) is 22.3 Å². The second kappa shape index (κ2) is 6.21. The van der Waals surface area contributed by atoms with Crippen LogP contribution in [-0.2, 0) is 11.3 Å². The van der Waals surface area contributed by atoms with E-state index in [1.165, 1.54) is 0 Å². The molecule has 1 aliphatic rings. The van der Waals surface area contributed by atoms with Gasteiger partial charge in [0.2, 0.25) is 6.79 Å². The molecule has 1 aliphatic heterocycles. The van der Waals surface area contributed by atoms with Gasteiger partial charge in [0.05, 0.1) is 5.39 Å². The monoisotopic (exact) mass is 402 g/mol. The zero-order valence-corrected chi connectivity index (χ0v) is 14.3. The summed E-state index contributed by atoms with van der Waals surface area (Å²) in [6.45, 7) is 0.184. The second-order valence-corrected chi connectivity index (χ2v) is 6.17. The fraction of sp³-hybridized carbons (Fsp3) is 0.118. The molecule has 0 atom stereocenters. The van der Waals surface area contributed by atoms with E-state index in [9.17, 15) is 9.59 Å². The second-order valence-electron chi connectivity index (χ2n) is 5.32. The third-order valence-electron chi connectivity index (χ3n) is 3.79. The van der Waals surface area contributed by atoms with Crippen LogP contribution >= 0.6 is 15.9 Å². The molecule has 0 unspecified atom stereocenters. The molecule has 4 rings (SSSR count). The highest BCUT2D eigenvalue weighted by Gasteiger charge is 2.19. The van der Waals surface area contributed by atoms with Crippen LogP contribution in [0.25, 0.3) is 10.8 Å². The Morgan fingerprint density at radius 1 is 1.20 bits per heavy atom. The molecule has 0 saturated heterocycles. The SMILES string of the molecule is O=C(OCc1cc2c(cc1Br)OCO2)c1n[nH]c(=O)c2ccccc12. The van der Waals surface area contributed by atoms with Crippen molar-refractivity contribution in [2.24, 2.45) is 0 Å². The van der Waals surface area contributed by atoms with E-state index >= 15 is 0 Å². The Kier molecular flexibility index (Phi) is 3.89. The summed E-state index contributed by atoms with van der Waals surface area (Å²) in [4.78, 5) is 24.2. The van der Waals surface area contributed by atoms with Gasteiger partial charge in [-0.2, -0.15) is 5.10 Å². The first-order valence-electron chi connectivity index (χ1n) is 7.36. The number of nitrogens with one attached hydrogen (secondary N) is 1. The van der Waals surface area contributed by atoms with Crippen LogP contribution in [0, 0.1) is 0 Å². The van der Waals surface area contributed by atoms with Crippen molar-refractivity contribution in [1.82, 2.24) is 10.2 Å². The van der Waals surface area contributed by atoms with Crippen molar-refractivity contribution in [3.63, 3.8) is 0 Å². The molecular weight excluding hydrogens is 392 g/mol. The summed E-state index contributed by atoms with van der Waals surface area (Å²) >= 11 is 3.42. The average molecular weight is 403 g/mol. The highest BCUT2D eigenvalue weighted by molar-refractivity contribution is 9.10. The summed E-state index contributed by atoms with van der Waals surface area (Å²) in [5, 5.41) is 6.97. The molecule has 8 heteroatoms. The smallest absolute Gasteiger partial charge is 0.359 e. The average Bonchev–Trinajstić information content (AvgIpc) is 3.07. The first-order valence-corrected chi connectivity index (χ1v) is 8.15. The van der Waals surface area contributed by atoms with Gasteiger partial charge >= 0.3 is 5.97 Å². The number of fused-ring (bicyclic) bond motifs is 2. The number of nitrogens with zero attached hydrogens (tertiary/aromatic N) is 1. The number of benzene rings is 2. The molecule has 0 radical (unpaired) electrons. The van der Waals surface area contributed by atoms with Crippen LogP contribution in [0.2, 0.25) is 0 Å². The summed E-state index contributed by atoms with van der Waals surface area (Å²) in [6, 6.07) is 10.2. The molecule has 0 bridgehead atoms. The molecule has 7 nitrogen and oxygen atoms in total. The molecule has 0 aliphatic carbocycles. The van der Waals surface area contributed by atoms with Crippen LogP contribution in [0.4, 0.5) is 0 Å². The maximum absolute atomic E-state index is 12.4. The highest BCUT2D eigenvalue weighted by Crippen LogP contribution is 2.37. The Labute approximate surface area is 149 Å². The van der Waals surface area contributed by atoms with Gasteiger partial charge in [-0.25, -0.2) is 9.89 Å². The summed E-state index contributed by atoms with van der Waals surface area (Å²) in [5.74, 6) is 0.606. The number of aromatic amines is 1. The molecule has 25 heavy (non-hydrogen) atoms. The van der Waals surface area contributed by atoms with Crippen molar-refractivity contribution >= 4 is 32.7 Å². The topological polar surface area (TPSA) is 90.5 Å². The Bertz CT molecular complexity index is 1050. The van der Waals surface area contributed by atoms with Crippen LogP contribution < -0.4 is 15.0 Å². The van der Waals surface area contributed by atoms with Gasteiger partial charge < -0.3 is 14.2 Å². The van der Waals surface area contributed by atoms with Crippen LogP contribution in [0.5, 0.6) is 11.5 Å². The summed E-state index contributed by atoms with van der Waals surface area (Å²) in [7, 11) is 0. The minimum absolute atomic E-state index is 0.0190. The molecule has 1 aromatic heterocycles. The van der Waals surface area contributed by atoms with Gasteiger partial charge in [-0.3, -0.25) is 4.79 Å². The number of carbonyl (C=O) groups is 1. The molecule has 3 aromatic rings. The first kappa shape index (κ1) is 15.6. The highest BCUT2D eigenvalue weighted by atomic mass is 79.9. The lowest BCUT2D eigenvalue weighted by molar-refractivity contribution is 0.0466. The van der Waals surface area contributed by atoms with Crippen LogP contribution in [0.15, 0.2) is 45.7 Å². The summed E-state index contributed by atoms with van der Waals surface area (Å²) in [6.07, 6.45) is 0. The lowest BCUT2D eigenvalue weighted by atomic mass is 10.1. The van der Waals surface area contributed by atoms with Crippen molar-refractivity contribution in [3.8, 4) is 11.5 Å². The standard InChI is InChI=1S/C17H11BrN2O5/c18-12-6-14-13(24-8-25-14)5-9(12)7-23-17(22)15-10-3-1-2-4-11(10)16(21)20-19-15/h1-6H,7-8H2,(H,20,21). The number of rotatable bonds is 3. The van der Waals surface area contributed by atoms with E-state index in [1.54, 1.807) is 36.4 Å². The lowest BCUT2D eigenvalue weighted by Gasteiger charge is -2.08. The van der Waals surface area contributed by atoms with E-state index in [4.69, 9.17) is 14.2 Å². The molecule has 2 heterocycles. The van der Waals surface area contributed by atoms with Crippen molar-refractivity contribution in [3.05, 3.63) is 62.5 Å². The molecule has 0 fully saturated rings. The van der Waals surface area contributed by atoms with Crippen molar-refractivity contribution in [2.45, 2.75) is 6.61 Å². The normalized spacial score (nSPS) is 12.4. The number of aromatic nitrogens is 2. The number of esters is 1. The van der Waals surface area contributed by atoms with Crippen LogP contribution in [0.1, 0.15) is 16.1 Å². The maximum Gasteiger partial charge on any atom is 0.359 e. The molecular formula is C17H11BrN2O5. The Hall–Kier alpha value is -2.87. The van der Waals surface area contributed by atoms with Crippen molar-refractivity contribution in [1.29, 1.82) is 0 Å². The zero-order valence-electron chi connectivity index (χ0n) is 12.7. The lowest BCUT2D eigenvalue weighted by Crippen LogP contribution is -2.16. The van der Waals surface area contributed by atoms with E-state index in [-0.39, 0.29) is 24.7 Å². The first-order chi connectivity index (χ1) is 12.1. The Morgan fingerprint density at radius 3 is 2.72 bits per heavy atom. The molecule has 0 saturated carbocycles. The zero-order chi connectivity index (χ0) is 17.4. The van der Waals surface area contributed by atoms with Crippen molar-refractivity contribution in [2.75, 3.05) is 6.79 Å². The van der Waals surface area contributed by atoms with Gasteiger partial charge in [-0.15, -0.1) is 0 Å². The van der Waals surface area contributed by atoms with Crippen LogP contribution in [-0.4, -0.2) is 23.0 Å². The van der Waals surface area contributed by atoms with Gasteiger partial charge in [0.15, 0.2) is 17.2 Å². The number of halogens is 1. The van der Waals surface area contributed by atoms with Gasteiger partial charge in [0, 0.05) is 15.4 Å². The third-order valence-corrected chi connectivity index (χ3v) is 4.53. The summed E-state index contributed by atoms with van der Waals surface area (Å²) < 4.78 is 16.7. The number of ether oxygens (including phenoxy) is 3. The van der Waals surface area contributed by atoms with Gasteiger partial charge in [0.1, 0.15) is 6.61 Å². The third kappa shape index (κ3) is 2.85. The minimum Gasteiger partial charge on any atom is -0.456 e. The fourth-order valence-electron chi connectivity index (χ4n) is 2.55.